The molecule has 5 heteroatoms. The number of hydrogen-bond acceptors (Lipinski definition) is 5. The third-order valence-corrected chi connectivity index (χ3v) is 3.79. The Balaban J connectivity index is 2.19. The first kappa shape index (κ1) is 13.8. The van der Waals surface area contributed by atoms with Gasteiger partial charge in [-0.25, -0.2) is 4.79 Å². The van der Waals surface area contributed by atoms with Crippen molar-refractivity contribution in [2.24, 2.45) is 5.92 Å². The summed E-state index contributed by atoms with van der Waals surface area (Å²) in [7, 11) is 4.44. The standard InChI is InChI=1S/C16H18O5/c1-18-13-8-12(16(17)20-3)11-7-10(6-9-4-5-9)21-14(11)15(13)19-2/h7-9H,4-6H2,1-3H3. The second kappa shape index (κ2) is 5.31. The average molecular weight is 290 g/mol. The summed E-state index contributed by atoms with van der Waals surface area (Å²) >= 11 is 0. The van der Waals surface area contributed by atoms with Crippen LogP contribution in [0.5, 0.6) is 11.5 Å². The quantitative estimate of drug-likeness (QED) is 0.791. The average Bonchev–Trinajstić information content (AvgIpc) is 3.21. The van der Waals surface area contributed by atoms with Crippen LogP contribution in [-0.2, 0) is 11.2 Å². The lowest BCUT2D eigenvalue weighted by Gasteiger charge is -2.10. The first-order chi connectivity index (χ1) is 10.2. The number of hydrogen-bond donors (Lipinski definition) is 0. The lowest BCUT2D eigenvalue weighted by molar-refractivity contribution is 0.0602. The van der Waals surface area contributed by atoms with Crippen LogP contribution in [0.3, 0.4) is 0 Å². The molecule has 0 spiro atoms. The van der Waals surface area contributed by atoms with Crippen LogP contribution in [0, 0.1) is 5.92 Å². The van der Waals surface area contributed by atoms with Crippen molar-refractivity contribution in [1.82, 2.24) is 0 Å². The lowest BCUT2D eigenvalue weighted by Crippen LogP contribution is -2.03. The van der Waals surface area contributed by atoms with Gasteiger partial charge in [0, 0.05) is 11.8 Å². The molecular weight excluding hydrogens is 272 g/mol. The predicted octanol–water partition coefficient (Wildman–Crippen LogP) is 3.19. The molecule has 2 aromatic rings. The summed E-state index contributed by atoms with van der Waals surface area (Å²) < 4.78 is 21.4. The Labute approximate surface area is 122 Å². The van der Waals surface area contributed by atoms with Crippen molar-refractivity contribution < 1.29 is 23.4 Å². The van der Waals surface area contributed by atoms with Crippen molar-refractivity contribution >= 4 is 16.9 Å². The summed E-state index contributed by atoms with van der Waals surface area (Å²) in [6.45, 7) is 0. The highest BCUT2D eigenvalue weighted by Gasteiger charge is 2.26. The summed E-state index contributed by atoms with van der Waals surface area (Å²) in [5.74, 6) is 2.10. The molecule has 0 atom stereocenters. The molecule has 112 valence electrons. The molecule has 3 rings (SSSR count). The number of carbonyl (C=O) groups excluding carboxylic acids is 1. The van der Waals surface area contributed by atoms with Crippen LogP contribution in [0.4, 0.5) is 0 Å². The van der Waals surface area contributed by atoms with Gasteiger partial charge in [0.1, 0.15) is 5.76 Å². The van der Waals surface area contributed by atoms with Crippen LogP contribution < -0.4 is 9.47 Å². The molecule has 0 unspecified atom stereocenters. The highest BCUT2D eigenvalue weighted by molar-refractivity contribution is 6.06. The minimum Gasteiger partial charge on any atom is -0.493 e. The number of methoxy groups -OCH3 is 3. The molecule has 21 heavy (non-hydrogen) atoms. The van der Waals surface area contributed by atoms with E-state index < -0.39 is 5.97 Å². The zero-order valence-corrected chi connectivity index (χ0v) is 12.4. The topological polar surface area (TPSA) is 57.9 Å². The number of rotatable bonds is 5. The van der Waals surface area contributed by atoms with E-state index in [1.165, 1.54) is 27.1 Å². The second-order valence-electron chi connectivity index (χ2n) is 5.25. The molecule has 0 bridgehead atoms. The Hall–Kier alpha value is -2.17. The fourth-order valence-electron chi connectivity index (χ4n) is 2.53. The number of furan rings is 1. The number of carbonyl (C=O) groups is 1. The van der Waals surface area contributed by atoms with Crippen molar-refractivity contribution in [1.29, 1.82) is 0 Å². The van der Waals surface area contributed by atoms with E-state index in [4.69, 9.17) is 18.6 Å². The molecular formula is C16H18O5. The summed E-state index contributed by atoms with van der Waals surface area (Å²) in [5.41, 5.74) is 0.962. The molecule has 1 aromatic heterocycles. The van der Waals surface area contributed by atoms with Gasteiger partial charge < -0.3 is 18.6 Å². The van der Waals surface area contributed by atoms with E-state index >= 15 is 0 Å². The van der Waals surface area contributed by atoms with E-state index in [1.807, 2.05) is 6.07 Å². The monoisotopic (exact) mass is 290 g/mol. The van der Waals surface area contributed by atoms with Gasteiger partial charge in [0.25, 0.3) is 0 Å². The third-order valence-electron chi connectivity index (χ3n) is 3.79. The van der Waals surface area contributed by atoms with Gasteiger partial charge in [0.2, 0.25) is 5.75 Å². The van der Waals surface area contributed by atoms with Crippen LogP contribution in [-0.4, -0.2) is 27.3 Å². The van der Waals surface area contributed by atoms with E-state index in [0.29, 0.717) is 33.9 Å². The van der Waals surface area contributed by atoms with E-state index in [1.54, 1.807) is 13.2 Å². The van der Waals surface area contributed by atoms with Crippen molar-refractivity contribution in [2.75, 3.05) is 21.3 Å². The zero-order valence-electron chi connectivity index (χ0n) is 12.4. The maximum Gasteiger partial charge on any atom is 0.338 e. The fraction of sp³-hybridized carbons (Fsp3) is 0.438. The summed E-state index contributed by atoms with van der Waals surface area (Å²) in [5, 5.41) is 0.704. The Morgan fingerprint density at radius 2 is 2.00 bits per heavy atom. The molecule has 5 nitrogen and oxygen atoms in total. The number of ether oxygens (including phenoxy) is 3. The minimum absolute atomic E-state index is 0.417. The highest BCUT2D eigenvalue weighted by Crippen LogP contribution is 2.41. The SMILES string of the molecule is COC(=O)c1cc(OC)c(OC)c2oc(CC3CC3)cc12. The molecule has 0 aliphatic heterocycles. The van der Waals surface area contributed by atoms with E-state index in [0.717, 1.165) is 12.2 Å². The Morgan fingerprint density at radius 1 is 1.24 bits per heavy atom. The highest BCUT2D eigenvalue weighted by atomic mass is 16.5. The molecule has 1 aliphatic rings. The zero-order chi connectivity index (χ0) is 15.0. The summed E-state index contributed by atoms with van der Waals surface area (Å²) in [6.07, 6.45) is 3.36. The van der Waals surface area contributed by atoms with Gasteiger partial charge in [-0.3, -0.25) is 0 Å². The van der Waals surface area contributed by atoms with Crippen LogP contribution in [0.15, 0.2) is 16.5 Å². The molecule has 1 fully saturated rings. The molecule has 1 aliphatic carbocycles. The van der Waals surface area contributed by atoms with Crippen LogP contribution in [0.2, 0.25) is 0 Å². The van der Waals surface area contributed by atoms with Gasteiger partial charge in [-0.05, 0) is 30.9 Å². The first-order valence-corrected chi connectivity index (χ1v) is 6.93. The predicted molar refractivity (Wildman–Crippen MR) is 77.1 cm³/mol. The van der Waals surface area contributed by atoms with Crippen molar-refractivity contribution in [3.05, 3.63) is 23.5 Å². The van der Waals surface area contributed by atoms with Crippen molar-refractivity contribution in [3.63, 3.8) is 0 Å². The van der Waals surface area contributed by atoms with Crippen LogP contribution in [0.1, 0.15) is 29.0 Å². The molecule has 1 aromatic carbocycles. The maximum absolute atomic E-state index is 12.0. The normalized spacial score (nSPS) is 14.2. The number of fused-ring (bicyclic) bond motifs is 1. The van der Waals surface area contributed by atoms with E-state index in [2.05, 4.69) is 0 Å². The van der Waals surface area contributed by atoms with E-state index in [9.17, 15) is 4.79 Å². The first-order valence-electron chi connectivity index (χ1n) is 6.93. The largest absolute Gasteiger partial charge is 0.493 e. The molecule has 0 amide bonds. The second-order valence-corrected chi connectivity index (χ2v) is 5.25. The Kier molecular flexibility index (Phi) is 3.49. The lowest BCUT2D eigenvalue weighted by atomic mass is 10.1. The summed E-state index contributed by atoms with van der Waals surface area (Å²) in [4.78, 5) is 12.0. The molecule has 1 heterocycles. The Bertz CT molecular complexity index is 682. The van der Waals surface area contributed by atoms with Crippen LogP contribution >= 0.6 is 0 Å². The maximum atomic E-state index is 12.0. The van der Waals surface area contributed by atoms with Gasteiger partial charge in [0.05, 0.1) is 26.9 Å². The molecule has 1 saturated carbocycles. The molecule has 0 radical (unpaired) electrons. The van der Waals surface area contributed by atoms with Gasteiger partial charge in [-0.15, -0.1) is 0 Å². The van der Waals surface area contributed by atoms with Gasteiger partial charge in [-0.1, -0.05) is 0 Å². The smallest absolute Gasteiger partial charge is 0.338 e. The molecule has 0 saturated heterocycles. The number of esters is 1. The van der Waals surface area contributed by atoms with E-state index in [-0.39, 0.29) is 0 Å². The Morgan fingerprint density at radius 3 is 2.57 bits per heavy atom. The number of benzene rings is 1. The van der Waals surface area contributed by atoms with Crippen molar-refractivity contribution in [3.8, 4) is 11.5 Å². The van der Waals surface area contributed by atoms with Gasteiger partial charge >= 0.3 is 5.97 Å². The fourth-order valence-corrected chi connectivity index (χ4v) is 2.53. The third kappa shape index (κ3) is 2.44. The minimum atomic E-state index is -0.417. The molecule has 0 N–H and O–H groups in total. The van der Waals surface area contributed by atoms with Gasteiger partial charge in [-0.2, -0.15) is 0 Å². The van der Waals surface area contributed by atoms with Gasteiger partial charge in [0.15, 0.2) is 11.3 Å². The summed E-state index contributed by atoms with van der Waals surface area (Å²) in [6, 6.07) is 3.53. The van der Waals surface area contributed by atoms with Crippen LogP contribution in [0.25, 0.3) is 11.0 Å². The van der Waals surface area contributed by atoms with Crippen molar-refractivity contribution in [2.45, 2.75) is 19.3 Å².